The number of rotatable bonds is 3. The molecule has 0 unspecified atom stereocenters. The van der Waals surface area contributed by atoms with Crippen LogP contribution in [0.1, 0.15) is 27.6 Å². The van der Waals surface area contributed by atoms with Crippen LogP contribution in [0.2, 0.25) is 0 Å². The van der Waals surface area contributed by atoms with Crippen LogP contribution in [0.15, 0.2) is 41.8 Å². The van der Waals surface area contributed by atoms with Gasteiger partial charge >= 0.3 is 0 Å². The normalized spacial score (nSPS) is 20.0. The third kappa shape index (κ3) is 2.93. The standard InChI is InChI=1S/C14H11Br2NOS/c15-14(16)8-11(14)9-3-5-10(6-4-9)17-13(18)12-2-1-7-19-12/h1-7,11H,8H2,(H,17,18)/t11-/m0/s1. The lowest BCUT2D eigenvalue weighted by Gasteiger charge is -2.06. The van der Waals surface area contributed by atoms with Crippen LogP contribution in [0, 0.1) is 0 Å². The number of benzene rings is 1. The number of carbonyl (C=O) groups excluding carboxylic acids is 1. The molecule has 1 fully saturated rings. The lowest BCUT2D eigenvalue weighted by atomic mass is 10.1. The monoisotopic (exact) mass is 399 g/mol. The fraction of sp³-hybridized carbons (Fsp3) is 0.214. The van der Waals surface area contributed by atoms with E-state index in [1.54, 1.807) is 0 Å². The number of nitrogens with one attached hydrogen (secondary N) is 1. The van der Waals surface area contributed by atoms with Crippen molar-refractivity contribution >= 4 is 54.8 Å². The number of hydrogen-bond acceptors (Lipinski definition) is 2. The van der Waals surface area contributed by atoms with Gasteiger partial charge in [0.2, 0.25) is 0 Å². The maximum Gasteiger partial charge on any atom is 0.265 e. The molecule has 0 bridgehead atoms. The number of amides is 1. The van der Waals surface area contributed by atoms with Crippen molar-refractivity contribution in [3.05, 3.63) is 52.2 Å². The molecule has 1 aromatic carbocycles. The van der Waals surface area contributed by atoms with E-state index >= 15 is 0 Å². The molecule has 1 amide bonds. The average molecular weight is 401 g/mol. The molecule has 0 radical (unpaired) electrons. The van der Waals surface area contributed by atoms with Crippen molar-refractivity contribution in [2.45, 2.75) is 15.6 Å². The van der Waals surface area contributed by atoms with Gasteiger partial charge < -0.3 is 5.32 Å². The molecule has 2 aromatic rings. The first kappa shape index (κ1) is 13.3. The Morgan fingerprint density at radius 2 is 1.95 bits per heavy atom. The highest BCUT2D eigenvalue weighted by Crippen LogP contribution is 2.62. The van der Waals surface area contributed by atoms with Crippen LogP contribution >= 0.6 is 43.2 Å². The molecule has 3 rings (SSSR count). The van der Waals surface area contributed by atoms with Crippen LogP contribution in [-0.4, -0.2) is 9.14 Å². The lowest BCUT2D eigenvalue weighted by molar-refractivity contribution is 0.103. The van der Waals surface area contributed by atoms with Crippen molar-refractivity contribution in [1.82, 2.24) is 0 Å². The van der Waals surface area contributed by atoms with E-state index in [1.165, 1.54) is 16.9 Å². The topological polar surface area (TPSA) is 29.1 Å². The van der Waals surface area contributed by atoms with Crippen molar-refractivity contribution in [1.29, 1.82) is 0 Å². The third-order valence-corrected chi connectivity index (χ3v) is 5.76. The van der Waals surface area contributed by atoms with Gasteiger partial charge in [0.1, 0.15) is 0 Å². The van der Waals surface area contributed by atoms with E-state index in [0.29, 0.717) is 5.92 Å². The van der Waals surface area contributed by atoms with E-state index in [4.69, 9.17) is 0 Å². The molecule has 5 heteroatoms. The first-order valence-corrected chi connectivity index (χ1v) is 8.35. The van der Waals surface area contributed by atoms with Gasteiger partial charge in [0.25, 0.3) is 5.91 Å². The molecule has 0 saturated heterocycles. The first-order valence-electron chi connectivity index (χ1n) is 5.89. The van der Waals surface area contributed by atoms with Crippen LogP contribution < -0.4 is 5.32 Å². The van der Waals surface area contributed by atoms with Gasteiger partial charge in [-0.3, -0.25) is 4.79 Å². The van der Waals surface area contributed by atoms with E-state index in [0.717, 1.165) is 17.0 Å². The third-order valence-electron chi connectivity index (χ3n) is 3.14. The minimum atomic E-state index is -0.0514. The second-order valence-electron chi connectivity index (χ2n) is 4.57. The first-order chi connectivity index (χ1) is 9.06. The van der Waals surface area contributed by atoms with Crippen LogP contribution in [0.4, 0.5) is 5.69 Å². The maximum absolute atomic E-state index is 11.9. The summed E-state index contributed by atoms with van der Waals surface area (Å²) in [7, 11) is 0. The Kier molecular flexibility index (Phi) is 3.53. The van der Waals surface area contributed by atoms with Gasteiger partial charge in [-0.2, -0.15) is 0 Å². The van der Waals surface area contributed by atoms with Gasteiger partial charge in [-0.25, -0.2) is 0 Å². The summed E-state index contributed by atoms with van der Waals surface area (Å²) in [6.45, 7) is 0. The van der Waals surface area contributed by atoms with Crippen molar-refractivity contribution in [3.8, 4) is 0 Å². The molecule has 1 aromatic heterocycles. The second kappa shape index (κ2) is 5.04. The summed E-state index contributed by atoms with van der Waals surface area (Å²) < 4.78 is 0.0712. The van der Waals surface area contributed by atoms with E-state index in [-0.39, 0.29) is 9.14 Å². The van der Waals surface area contributed by atoms with Gasteiger partial charge in [0.15, 0.2) is 0 Å². The Hall–Kier alpha value is -0.650. The number of anilines is 1. The Morgan fingerprint density at radius 1 is 1.26 bits per heavy atom. The molecule has 0 aliphatic heterocycles. The Morgan fingerprint density at radius 3 is 2.47 bits per heavy atom. The highest BCUT2D eigenvalue weighted by molar-refractivity contribution is 9.25. The number of hydrogen-bond donors (Lipinski definition) is 1. The zero-order valence-electron chi connectivity index (χ0n) is 9.90. The predicted molar refractivity (Wildman–Crippen MR) is 86.7 cm³/mol. The summed E-state index contributed by atoms with van der Waals surface area (Å²) in [6, 6.07) is 11.7. The Labute approximate surface area is 132 Å². The predicted octanol–water partition coefficient (Wildman–Crippen LogP) is 4.97. The number of alkyl halides is 2. The quantitative estimate of drug-likeness (QED) is 0.723. The smallest absolute Gasteiger partial charge is 0.265 e. The molecule has 2 nitrogen and oxygen atoms in total. The van der Waals surface area contributed by atoms with Crippen molar-refractivity contribution < 1.29 is 4.79 Å². The number of thiophene rings is 1. The van der Waals surface area contributed by atoms with E-state index in [9.17, 15) is 4.79 Å². The molecule has 98 valence electrons. The minimum Gasteiger partial charge on any atom is -0.321 e. The van der Waals surface area contributed by atoms with Gasteiger partial charge in [-0.15, -0.1) is 11.3 Å². The summed E-state index contributed by atoms with van der Waals surface area (Å²) >= 11 is 8.69. The van der Waals surface area contributed by atoms with Crippen molar-refractivity contribution in [3.63, 3.8) is 0 Å². The van der Waals surface area contributed by atoms with Crippen molar-refractivity contribution in [2.24, 2.45) is 0 Å². The Balaban J connectivity index is 1.68. The summed E-state index contributed by atoms with van der Waals surface area (Å²) in [5, 5.41) is 4.80. The average Bonchev–Trinajstić information content (AvgIpc) is 2.83. The fourth-order valence-electron chi connectivity index (χ4n) is 1.97. The van der Waals surface area contributed by atoms with E-state index < -0.39 is 0 Å². The molecule has 1 aliphatic carbocycles. The SMILES string of the molecule is O=C(Nc1ccc([C@@H]2CC2(Br)Br)cc1)c1cccs1. The van der Waals surface area contributed by atoms with Gasteiger partial charge in [0.05, 0.1) is 8.11 Å². The zero-order valence-corrected chi connectivity index (χ0v) is 13.9. The van der Waals surface area contributed by atoms with Crippen LogP contribution in [-0.2, 0) is 0 Å². The molecule has 1 saturated carbocycles. The molecule has 19 heavy (non-hydrogen) atoms. The summed E-state index contributed by atoms with van der Waals surface area (Å²) in [6.07, 6.45) is 1.09. The molecular weight excluding hydrogens is 390 g/mol. The van der Waals surface area contributed by atoms with Gasteiger partial charge in [0, 0.05) is 11.6 Å². The van der Waals surface area contributed by atoms with Crippen LogP contribution in [0.3, 0.4) is 0 Å². The lowest BCUT2D eigenvalue weighted by Crippen LogP contribution is -2.09. The number of carbonyl (C=O) groups is 1. The van der Waals surface area contributed by atoms with E-state index in [1.807, 2.05) is 29.6 Å². The highest BCUT2D eigenvalue weighted by atomic mass is 79.9. The molecule has 0 spiro atoms. The highest BCUT2D eigenvalue weighted by Gasteiger charge is 2.50. The van der Waals surface area contributed by atoms with Crippen LogP contribution in [0.25, 0.3) is 0 Å². The summed E-state index contributed by atoms with van der Waals surface area (Å²) in [5.74, 6) is 0.457. The molecule has 1 aliphatic rings. The molecular formula is C14H11Br2NOS. The second-order valence-corrected chi connectivity index (χ2v) is 9.41. The molecule has 1 atom stereocenters. The molecule has 1 heterocycles. The number of halogens is 2. The fourth-order valence-corrected chi connectivity index (χ4v) is 3.77. The van der Waals surface area contributed by atoms with Crippen molar-refractivity contribution in [2.75, 3.05) is 5.32 Å². The van der Waals surface area contributed by atoms with E-state index in [2.05, 4.69) is 49.3 Å². The summed E-state index contributed by atoms with van der Waals surface area (Å²) in [5.41, 5.74) is 2.11. The zero-order chi connectivity index (χ0) is 13.5. The van der Waals surface area contributed by atoms with Crippen LogP contribution in [0.5, 0.6) is 0 Å². The minimum absolute atomic E-state index is 0.0514. The van der Waals surface area contributed by atoms with Gasteiger partial charge in [-0.1, -0.05) is 50.1 Å². The molecule has 1 N–H and O–H groups in total. The summed E-state index contributed by atoms with van der Waals surface area (Å²) in [4.78, 5) is 12.6. The Bertz CT molecular complexity index is 592. The van der Waals surface area contributed by atoms with Gasteiger partial charge in [-0.05, 0) is 35.6 Å². The largest absolute Gasteiger partial charge is 0.321 e. The maximum atomic E-state index is 11.9.